The van der Waals surface area contributed by atoms with E-state index in [1.165, 1.54) is 0 Å². The summed E-state index contributed by atoms with van der Waals surface area (Å²) in [5.41, 5.74) is -0.754. The summed E-state index contributed by atoms with van der Waals surface area (Å²) in [7, 11) is 0. The van der Waals surface area contributed by atoms with Crippen molar-refractivity contribution in [2.45, 2.75) is 70.8 Å². The molecule has 1 aliphatic carbocycles. The van der Waals surface area contributed by atoms with Crippen LogP contribution in [0.25, 0.3) is 0 Å². The highest BCUT2D eigenvalue weighted by Crippen LogP contribution is 2.37. The number of amides is 4. The average molecular weight is 349 g/mol. The molecular weight excluding hydrogens is 318 g/mol. The number of urea groups is 1. The Hall–Kier alpha value is -1.59. The van der Waals surface area contributed by atoms with Crippen molar-refractivity contribution in [1.29, 1.82) is 0 Å². The molecule has 6 heteroatoms. The van der Waals surface area contributed by atoms with Crippen molar-refractivity contribution in [3.8, 4) is 0 Å². The van der Waals surface area contributed by atoms with Gasteiger partial charge in [0.05, 0.1) is 0 Å². The normalized spacial score (nSPS) is 33.5. The first kappa shape index (κ1) is 18.2. The summed E-state index contributed by atoms with van der Waals surface area (Å²) in [5, 5.41) is 2.91. The van der Waals surface area contributed by atoms with Crippen LogP contribution < -0.4 is 5.32 Å². The number of rotatable bonds is 3. The standard InChI is InChI=1S/C19H31N3O3/c1-3-15-6-9-19(10-7-15)17(24)22(18(25)20-19)13-16(23)21-11-4-5-14(2)8-12-21/h14-15H,3-13H2,1-2H3,(H,20,25). The van der Waals surface area contributed by atoms with Crippen LogP contribution in [0.2, 0.25) is 0 Å². The van der Waals surface area contributed by atoms with Crippen LogP contribution in [0.4, 0.5) is 4.79 Å². The maximum Gasteiger partial charge on any atom is 0.325 e. The second kappa shape index (κ2) is 7.34. The fourth-order valence-corrected chi connectivity index (χ4v) is 4.48. The Kier molecular flexibility index (Phi) is 5.35. The molecule has 6 nitrogen and oxygen atoms in total. The average Bonchev–Trinajstić information content (AvgIpc) is 2.75. The topological polar surface area (TPSA) is 69.7 Å². The molecule has 4 amide bonds. The fraction of sp³-hybridized carbons (Fsp3) is 0.842. The summed E-state index contributed by atoms with van der Waals surface area (Å²) >= 11 is 0. The van der Waals surface area contributed by atoms with E-state index < -0.39 is 11.6 Å². The molecule has 2 heterocycles. The molecule has 1 saturated carbocycles. The Labute approximate surface area is 150 Å². The Morgan fingerprint density at radius 1 is 1.16 bits per heavy atom. The van der Waals surface area contributed by atoms with Gasteiger partial charge in [-0.05, 0) is 56.8 Å². The van der Waals surface area contributed by atoms with Crippen LogP contribution >= 0.6 is 0 Å². The SMILES string of the molecule is CCC1CCC2(CC1)NC(=O)N(CC(=O)N1CCCC(C)CC1)C2=O. The molecule has 1 N–H and O–H groups in total. The van der Waals surface area contributed by atoms with Gasteiger partial charge in [-0.25, -0.2) is 4.79 Å². The number of nitrogens with one attached hydrogen (secondary N) is 1. The van der Waals surface area contributed by atoms with Crippen molar-refractivity contribution in [1.82, 2.24) is 15.1 Å². The number of hydrogen-bond acceptors (Lipinski definition) is 3. The maximum absolute atomic E-state index is 12.9. The summed E-state index contributed by atoms with van der Waals surface area (Å²) in [6, 6.07) is -0.392. The predicted molar refractivity (Wildman–Crippen MR) is 94.8 cm³/mol. The molecule has 0 aromatic carbocycles. The lowest BCUT2D eigenvalue weighted by atomic mass is 9.75. The van der Waals surface area contributed by atoms with Gasteiger partial charge in [-0.15, -0.1) is 0 Å². The molecule has 140 valence electrons. The molecule has 0 radical (unpaired) electrons. The van der Waals surface area contributed by atoms with Gasteiger partial charge in [-0.3, -0.25) is 14.5 Å². The monoisotopic (exact) mass is 349 g/mol. The smallest absolute Gasteiger partial charge is 0.325 e. The molecule has 3 rings (SSSR count). The zero-order chi connectivity index (χ0) is 18.0. The molecule has 1 atom stereocenters. The van der Waals surface area contributed by atoms with Crippen LogP contribution in [0.3, 0.4) is 0 Å². The summed E-state index contributed by atoms with van der Waals surface area (Å²) in [6.45, 7) is 5.73. The van der Waals surface area contributed by atoms with Crippen molar-refractivity contribution >= 4 is 17.8 Å². The first-order valence-corrected chi connectivity index (χ1v) is 9.87. The molecule has 1 spiro atoms. The molecule has 0 aromatic heterocycles. The number of imide groups is 1. The van der Waals surface area contributed by atoms with Crippen LogP contribution in [0, 0.1) is 11.8 Å². The lowest BCUT2D eigenvalue weighted by Crippen LogP contribution is -2.50. The molecule has 0 bridgehead atoms. The molecule has 25 heavy (non-hydrogen) atoms. The Bertz CT molecular complexity index is 540. The maximum atomic E-state index is 12.9. The third-order valence-corrected chi connectivity index (χ3v) is 6.44. The van der Waals surface area contributed by atoms with Gasteiger partial charge >= 0.3 is 6.03 Å². The highest BCUT2D eigenvalue weighted by Gasteiger charge is 2.52. The molecule has 3 fully saturated rings. The second-order valence-electron chi connectivity index (χ2n) is 8.17. The minimum absolute atomic E-state index is 0.100. The number of carbonyl (C=O) groups excluding carboxylic acids is 3. The Balaban J connectivity index is 1.62. The van der Waals surface area contributed by atoms with E-state index in [1.807, 2.05) is 4.90 Å². The van der Waals surface area contributed by atoms with E-state index in [2.05, 4.69) is 19.2 Å². The fourth-order valence-electron chi connectivity index (χ4n) is 4.48. The first-order chi connectivity index (χ1) is 11.9. The molecule has 2 aliphatic heterocycles. The van der Waals surface area contributed by atoms with Crippen molar-refractivity contribution in [3.63, 3.8) is 0 Å². The quantitative estimate of drug-likeness (QED) is 0.796. The summed E-state index contributed by atoms with van der Waals surface area (Å²) in [6.07, 6.45) is 7.57. The predicted octanol–water partition coefficient (Wildman–Crippen LogP) is 2.53. The van der Waals surface area contributed by atoms with Crippen molar-refractivity contribution in [2.24, 2.45) is 11.8 Å². The van der Waals surface area contributed by atoms with Crippen LogP contribution in [0.1, 0.15) is 65.2 Å². The van der Waals surface area contributed by atoms with Gasteiger partial charge in [0.1, 0.15) is 12.1 Å². The van der Waals surface area contributed by atoms with E-state index in [4.69, 9.17) is 0 Å². The van der Waals surface area contributed by atoms with Crippen molar-refractivity contribution < 1.29 is 14.4 Å². The van der Waals surface area contributed by atoms with E-state index in [9.17, 15) is 14.4 Å². The van der Waals surface area contributed by atoms with Gasteiger partial charge < -0.3 is 10.2 Å². The van der Waals surface area contributed by atoms with Crippen molar-refractivity contribution in [2.75, 3.05) is 19.6 Å². The van der Waals surface area contributed by atoms with Crippen LogP contribution in [-0.2, 0) is 9.59 Å². The van der Waals surface area contributed by atoms with E-state index in [-0.39, 0.29) is 18.4 Å². The van der Waals surface area contributed by atoms with Crippen LogP contribution in [0.5, 0.6) is 0 Å². The summed E-state index contributed by atoms with van der Waals surface area (Å²) in [5.74, 6) is 0.983. The summed E-state index contributed by atoms with van der Waals surface area (Å²) in [4.78, 5) is 40.9. The van der Waals surface area contributed by atoms with E-state index in [0.717, 1.165) is 56.5 Å². The molecular formula is C19H31N3O3. The van der Waals surface area contributed by atoms with Gasteiger partial charge in [-0.2, -0.15) is 0 Å². The minimum Gasteiger partial charge on any atom is -0.341 e. The van der Waals surface area contributed by atoms with Gasteiger partial charge in [0, 0.05) is 13.1 Å². The third-order valence-electron chi connectivity index (χ3n) is 6.44. The van der Waals surface area contributed by atoms with Crippen LogP contribution in [0.15, 0.2) is 0 Å². The second-order valence-corrected chi connectivity index (χ2v) is 8.17. The molecule has 1 unspecified atom stereocenters. The highest BCUT2D eigenvalue weighted by atomic mass is 16.2. The number of hydrogen-bond donors (Lipinski definition) is 1. The molecule has 2 saturated heterocycles. The van der Waals surface area contributed by atoms with Crippen molar-refractivity contribution in [3.05, 3.63) is 0 Å². The lowest BCUT2D eigenvalue weighted by molar-refractivity contribution is -0.139. The van der Waals surface area contributed by atoms with Crippen LogP contribution in [-0.4, -0.2) is 52.8 Å². The van der Waals surface area contributed by atoms with E-state index in [0.29, 0.717) is 24.7 Å². The van der Waals surface area contributed by atoms with Gasteiger partial charge in [-0.1, -0.05) is 20.3 Å². The number of nitrogens with zero attached hydrogens (tertiary/aromatic N) is 2. The highest BCUT2D eigenvalue weighted by molar-refractivity contribution is 6.09. The third kappa shape index (κ3) is 3.67. The van der Waals surface area contributed by atoms with Gasteiger partial charge in [0.2, 0.25) is 5.91 Å². The lowest BCUT2D eigenvalue weighted by Gasteiger charge is -2.34. The molecule has 0 aromatic rings. The van der Waals surface area contributed by atoms with Gasteiger partial charge in [0.25, 0.3) is 5.91 Å². The van der Waals surface area contributed by atoms with E-state index in [1.54, 1.807) is 0 Å². The summed E-state index contributed by atoms with van der Waals surface area (Å²) < 4.78 is 0. The zero-order valence-electron chi connectivity index (χ0n) is 15.6. The van der Waals surface area contributed by atoms with Gasteiger partial charge in [0.15, 0.2) is 0 Å². The molecule has 3 aliphatic rings. The largest absolute Gasteiger partial charge is 0.341 e. The number of likely N-dealkylation sites (tertiary alicyclic amines) is 1. The first-order valence-electron chi connectivity index (χ1n) is 9.87. The zero-order valence-corrected chi connectivity index (χ0v) is 15.6. The Morgan fingerprint density at radius 3 is 2.56 bits per heavy atom. The number of carbonyl (C=O) groups is 3. The minimum atomic E-state index is -0.754. The Morgan fingerprint density at radius 2 is 1.88 bits per heavy atom. The van der Waals surface area contributed by atoms with E-state index >= 15 is 0 Å².